The fraction of sp³-hybridized carbons (Fsp3) is 0.700. The second kappa shape index (κ2) is 6.64. The minimum Gasteiger partial charge on any atom is -0.377 e. The van der Waals surface area contributed by atoms with E-state index >= 15 is 0 Å². The molecule has 3 aliphatic rings. The number of nitrogens with zero attached hydrogens (tertiary/aromatic N) is 2. The number of benzene rings is 1. The maximum absolute atomic E-state index is 13.7. The van der Waals surface area contributed by atoms with E-state index in [4.69, 9.17) is 4.74 Å². The van der Waals surface area contributed by atoms with Crippen molar-refractivity contribution in [3.05, 3.63) is 30.1 Å². The number of anilines is 1. The fourth-order valence-electron chi connectivity index (χ4n) is 5.19. The molecule has 4 rings (SSSR count). The molecule has 1 unspecified atom stereocenters. The summed E-state index contributed by atoms with van der Waals surface area (Å²) in [5.41, 5.74) is 1.07. The van der Waals surface area contributed by atoms with Crippen molar-refractivity contribution in [1.29, 1.82) is 0 Å². The summed E-state index contributed by atoms with van der Waals surface area (Å²) >= 11 is 0. The topological polar surface area (TPSA) is 15.7 Å². The van der Waals surface area contributed by atoms with Crippen LogP contribution in [0.3, 0.4) is 0 Å². The molecule has 3 fully saturated rings. The molecule has 24 heavy (non-hydrogen) atoms. The molecule has 4 heteroatoms. The Morgan fingerprint density at radius 3 is 2.54 bits per heavy atom. The van der Waals surface area contributed by atoms with Gasteiger partial charge in [0.15, 0.2) is 0 Å². The predicted molar refractivity (Wildman–Crippen MR) is 95.0 cm³/mol. The van der Waals surface area contributed by atoms with Crippen molar-refractivity contribution in [2.45, 2.75) is 62.6 Å². The van der Waals surface area contributed by atoms with Crippen molar-refractivity contribution in [3.63, 3.8) is 0 Å². The van der Waals surface area contributed by atoms with Gasteiger partial charge in [0.1, 0.15) is 5.82 Å². The molecule has 1 atom stereocenters. The van der Waals surface area contributed by atoms with Gasteiger partial charge in [-0.1, -0.05) is 25.3 Å². The van der Waals surface area contributed by atoms with Gasteiger partial charge < -0.3 is 14.5 Å². The minimum atomic E-state index is -0.150. The van der Waals surface area contributed by atoms with Crippen LogP contribution in [0.2, 0.25) is 0 Å². The molecule has 3 nitrogen and oxygen atoms in total. The number of hydrogen-bond donors (Lipinski definition) is 0. The van der Waals surface area contributed by atoms with E-state index in [0.29, 0.717) is 0 Å². The summed E-state index contributed by atoms with van der Waals surface area (Å²) in [5.74, 6) is -0.150. The number of likely N-dealkylation sites (tertiary alicyclic amines) is 1. The summed E-state index contributed by atoms with van der Waals surface area (Å²) in [4.78, 5) is 5.10. The summed E-state index contributed by atoms with van der Waals surface area (Å²) in [6, 6.07) is 7.83. The highest BCUT2D eigenvalue weighted by Gasteiger charge is 2.55. The summed E-state index contributed by atoms with van der Waals surface area (Å²) in [7, 11) is 1.82. The lowest BCUT2D eigenvalue weighted by Crippen LogP contribution is -2.74. The van der Waals surface area contributed by atoms with Crippen LogP contribution >= 0.6 is 0 Å². The number of piperidine rings is 1. The molecule has 0 aromatic heterocycles. The Hall–Kier alpha value is -1.13. The van der Waals surface area contributed by atoms with Crippen molar-refractivity contribution in [2.24, 2.45) is 0 Å². The molecule has 2 heterocycles. The fourth-order valence-corrected chi connectivity index (χ4v) is 5.19. The molecule has 0 amide bonds. The molecule has 1 aromatic rings. The summed E-state index contributed by atoms with van der Waals surface area (Å²) < 4.78 is 19.4. The van der Waals surface area contributed by atoms with Gasteiger partial charge in [-0.05, 0) is 43.9 Å². The van der Waals surface area contributed by atoms with Gasteiger partial charge in [0.05, 0.1) is 11.6 Å². The van der Waals surface area contributed by atoms with Crippen molar-refractivity contribution in [1.82, 2.24) is 4.90 Å². The van der Waals surface area contributed by atoms with Crippen LogP contribution in [0.1, 0.15) is 44.9 Å². The van der Waals surface area contributed by atoms with Crippen molar-refractivity contribution in [2.75, 3.05) is 31.6 Å². The van der Waals surface area contributed by atoms with Crippen molar-refractivity contribution >= 4 is 5.69 Å². The van der Waals surface area contributed by atoms with Crippen molar-refractivity contribution < 1.29 is 9.13 Å². The van der Waals surface area contributed by atoms with Crippen molar-refractivity contribution in [3.8, 4) is 0 Å². The maximum Gasteiger partial charge on any atom is 0.125 e. The van der Waals surface area contributed by atoms with Gasteiger partial charge in [0.25, 0.3) is 0 Å². The maximum atomic E-state index is 13.7. The van der Waals surface area contributed by atoms with E-state index in [0.717, 1.165) is 44.2 Å². The molecule has 1 saturated carbocycles. The van der Waals surface area contributed by atoms with Crippen LogP contribution in [0, 0.1) is 5.82 Å². The first-order valence-electron chi connectivity index (χ1n) is 9.53. The van der Waals surface area contributed by atoms with E-state index in [-0.39, 0.29) is 17.5 Å². The van der Waals surface area contributed by atoms with Crippen LogP contribution in [-0.4, -0.2) is 49.3 Å². The Morgan fingerprint density at radius 2 is 1.88 bits per heavy atom. The van der Waals surface area contributed by atoms with Crippen LogP contribution in [0.5, 0.6) is 0 Å². The second-order valence-corrected chi connectivity index (χ2v) is 7.75. The summed E-state index contributed by atoms with van der Waals surface area (Å²) in [6.07, 6.45) is 9.45. The molecular weight excluding hydrogens is 303 g/mol. The Morgan fingerprint density at radius 1 is 1.12 bits per heavy atom. The average Bonchev–Trinajstić information content (AvgIpc) is 2.62. The molecule has 2 saturated heterocycles. The number of hydrogen-bond acceptors (Lipinski definition) is 3. The molecule has 1 aromatic carbocycles. The van der Waals surface area contributed by atoms with E-state index in [1.165, 1.54) is 38.2 Å². The van der Waals surface area contributed by atoms with E-state index in [9.17, 15) is 4.39 Å². The predicted octanol–water partition coefficient (Wildman–Crippen LogP) is 3.83. The summed E-state index contributed by atoms with van der Waals surface area (Å²) in [5, 5.41) is 0. The first-order chi connectivity index (χ1) is 11.7. The molecular formula is C20H29FN2O. The quantitative estimate of drug-likeness (QED) is 0.837. The highest BCUT2D eigenvalue weighted by Crippen LogP contribution is 2.45. The Labute approximate surface area is 144 Å². The smallest absolute Gasteiger partial charge is 0.125 e. The third-order valence-corrected chi connectivity index (χ3v) is 6.64. The van der Waals surface area contributed by atoms with Crippen LogP contribution in [0.4, 0.5) is 10.1 Å². The highest BCUT2D eigenvalue weighted by atomic mass is 19.1. The van der Waals surface area contributed by atoms with Crippen LogP contribution in [-0.2, 0) is 4.74 Å². The number of ether oxygens (including phenoxy) is 1. The first-order valence-corrected chi connectivity index (χ1v) is 9.53. The van der Waals surface area contributed by atoms with Gasteiger partial charge in [-0.3, -0.25) is 0 Å². The summed E-state index contributed by atoms with van der Waals surface area (Å²) in [6.45, 7) is 3.18. The molecule has 0 N–H and O–H groups in total. The van der Waals surface area contributed by atoms with E-state index in [1.54, 1.807) is 6.07 Å². The standard InChI is InChI=1S/C20H29FN2O/c1-24-19-15-23(18-9-5-6-16(21)14-18)20(19)10-12-22(13-11-20)17-7-3-2-4-8-17/h5-6,9,14,17,19H,2-4,7-8,10-13,15H2,1H3. The zero-order valence-electron chi connectivity index (χ0n) is 14.7. The van der Waals surface area contributed by atoms with Crippen LogP contribution in [0.15, 0.2) is 24.3 Å². The lowest BCUT2D eigenvalue weighted by Gasteiger charge is -2.62. The number of methoxy groups -OCH3 is 1. The third kappa shape index (κ3) is 2.74. The average molecular weight is 332 g/mol. The zero-order chi connectivity index (χ0) is 16.6. The monoisotopic (exact) mass is 332 g/mol. The van der Waals surface area contributed by atoms with Gasteiger partial charge in [0.2, 0.25) is 0 Å². The first kappa shape index (κ1) is 16.3. The molecule has 132 valence electrons. The molecule has 0 bridgehead atoms. The SMILES string of the molecule is COC1CN(c2cccc(F)c2)C12CCN(C1CCCCC1)CC2. The minimum absolute atomic E-state index is 0.0632. The normalized spacial score (nSPS) is 28.1. The zero-order valence-corrected chi connectivity index (χ0v) is 14.7. The number of rotatable bonds is 3. The van der Waals surface area contributed by atoms with Gasteiger partial charge >= 0.3 is 0 Å². The Bertz CT molecular complexity index is 565. The van der Waals surface area contributed by atoms with E-state index in [1.807, 2.05) is 19.2 Å². The van der Waals surface area contributed by atoms with Gasteiger partial charge in [0, 0.05) is 38.5 Å². The second-order valence-electron chi connectivity index (χ2n) is 7.75. The van der Waals surface area contributed by atoms with E-state index < -0.39 is 0 Å². The lowest BCUT2D eigenvalue weighted by molar-refractivity contribution is -0.0532. The highest BCUT2D eigenvalue weighted by molar-refractivity contribution is 5.54. The molecule has 1 aliphatic carbocycles. The number of halogens is 1. The van der Waals surface area contributed by atoms with Gasteiger partial charge in [-0.2, -0.15) is 0 Å². The third-order valence-electron chi connectivity index (χ3n) is 6.64. The van der Waals surface area contributed by atoms with Gasteiger partial charge in [-0.15, -0.1) is 0 Å². The van der Waals surface area contributed by atoms with Gasteiger partial charge in [-0.25, -0.2) is 4.39 Å². The molecule has 2 aliphatic heterocycles. The Kier molecular flexibility index (Phi) is 4.52. The molecule has 1 spiro atoms. The largest absolute Gasteiger partial charge is 0.377 e. The molecule has 0 radical (unpaired) electrons. The lowest BCUT2D eigenvalue weighted by atomic mass is 9.72. The Balaban J connectivity index is 1.48. The van der Waals surface area contributed by atoms with E-state index in [2.05, 4.69) is 9.80 Å². The van der Waals surface area contributed by atoms with Crippen LogP contribution < -0.4 is 4.90 Å². The van der Waals surface area contributed by atoms with Crippen LogP contribution in [0.25, 0.3) is 0 Å².